The molecule has 1 heterocycles. The van der Waals surface area contributed by atoms with Crippen LogP contribution in [0.2, 0.25) is 0 Å². The second-order valence-electron chi connectivity index (χ2n) is 4.44. The van der Waals surface area contributed by atoms with E-state index < -0.39 is 11.9 Å². The molecule has 5 nitrogen and oxygen atoms in total. The topological polar surface area (TPSA) is 86.2 Å². The van der Waals surface area contributed by atoms with Crippen molar-refractivity contribution in [1.29, 1.82) is 0 Å². The Balaban J connectivity index is 2.61. The fourth-order valence-corrected chi connectivity index (χ4v) is 2.14. The molecule has 20 heavy (non-hydrogen) atoms. The summed E-state index contributed by atoms with van der Waals surface area (Å²) in [5, 5.41) is 0. The van der Waals surface area contributed by atoms with E-state index in [1.54, 1.807) is 18.3 Å². The summed E-state index contributed by atoms with van der Waals surface area (Å²) in [6.07, 6.45) is 1.64. The van der Waals surface area contributed by atoms with Gasteiger partial charge < -0.3 is 10.5 Å². The predicted octanol–water partition coefficient (Wildman–Crippen LogP) is 1.67. The first-order valence-corrected chi connectivity index (χ1v) is 6.09. The summed E-state index contributed by atoms with van der Waals surface area (Å²) in [7, 11) is 1.48. The molecule has 0 aliphatic rings. The molecule has 2 rings (SSSR count). The SMILES string of the molecule is COc1cccc(F)c1C(NN)c1cc(C)cnc1N. The number of ether oxygens (including phenoxy) is 1. The fourth-order valence-electron chi connectivity index (χ4n) is 2.14. The number of rotatable bonds is 4. The Kier molecular flexibility index (Phi) is 4.16. The van der Waals surface area contributed by atoms with Crippen molar-refractivity contribution in [2.75, 3.05) is 12.8 Å². The van der Waals surface area contributed by atoms with Crippen LogP contribution in [-0.4, -0.2) is 12.1 Å². The summed E-state index contributed by atoms with van der Waals surface area (Å²) < 4.78 is 19.4. The number of hydrazine groups is 1. The predicted molar refractivity (Wildman–Crippen MR) is 75.5 cm³/mol. The van der Waals surface area contributed by atoms with Gasteiger partial charge in [0, 0.05) is 11.8 Å². The zero-order valence-corrected chi connectivity index (χ0v) is 11.4. The standard InChI is InChI=1S/C14H17FN4O/c1-8-6-9(14(16)18-7-8)13(19-17)12-10(15)4-3-5-11(12)20-2/h3-7,13,19H,17H2,1-2H3,(H2,16,18). The molecule has 0 aliphatic heterocycles. The third-order valence-corrected chi connectivity index (χ3v) is 3.09. The van der Waals surface area contributed by atoms with Crippen LogP contribution in [-0.2, 0) is 0 Å². The minimum atomic E-state index is -0.640. The van der Waals surface area contributed by atoms with Crippen molar-refractivity contribution in [3.8, 4) is 5.75 Å². The molecule has 2 aromatic rings. The van der Waals surface area contributed by atoms with Crippen LogP contribution in [0.3, 0.4) is 0 Å². The van der Waals surface area contributed by atoms with E-state index in [4.69, 9.17) is 16.3 Å². The smallest absolute Gasteiger partial charge is 0.132 e. The molecule has 0 amide bonds. The van der Waals surface area contributed by atoms with E-state index in [0.717, 1.165) is 5.56 Å². The summed E-state index contributed by atoms with van der Waals surface area (Å²) in [6, 6.07) is 5.77. The Morgan fingerprint density at radius 1 is 1.40 bits per heavy atom. The summed E-state index contributed by atoms with van der Waals surface area (Å²) in [4.78, 5) is 4.08. The van der Waals surface area contributed by atoms with Crippen LogP contribution in [0.15, 0.2) is 30.5 Å². The van der Waals surface area contributed by atoms with Gasteiger partial charge in [-0.05, 0) is 30.7 Å². The van der Waals surface area contributed by atoms with Gasteiger partial charge in [0.05, 0.1) is 18.7 Å². The molecule has 1 atom stereocenters. The van der Waals surface area contributed by atoms with Gasteiger partial charge in [-0.25, -0.2) is 14.8 Å². The quantitative estimate of drug-likeness (QED) is 0.584. The normalized spacial score (nSPS) is 12.2. The average Bonchev–Trinajstić information content (AvgIpc) is 2.44. The van der Waals surface area contributed by atoms with Gasteiger partial charge >= 0.3 is 0 Å². The molecule has 6 heteroatoms. The third-order valence-electron chi connectivity index (χ3n) is 3.09. The second-order valence-corrected chi connectivity index (χ2v) is 4.44. The fraction of sp³-hybridized carbons (Fsp3) is 0.214. The number of nitrogens with one attached hydrogen (secondary N) is 1. The molecule has 0 bridgehead atoms. The lowest BCUT2D eigenvalue weighted by Crippen LogP contribution is -2.30. The van der Waals surface area contributed by atoms with Crippen LogP contribution in [0.1, 0.15) is 22.7 Å². The van der Waals surface area contributed by atoms with E-state index in [9.17, 15) is 4.39 Å². The van der Waals surface area contributed by atoms with Gasteiger partial charge in [-0.2, -0.15) is 0 Å². The Hall–Kier alpha value is -2.18. The molecule has 1 aromatic carbocycles. The first-order chi connectivity index (χ1) is 9.58. The van der Waals surface area contributed by atoms with Gasteiger partial charge in [-0.1, -0.05) is 6.07 Å². The number of pyridine rings is 1. The van der Waals surface area contributed by atoms with E-state index >= 15 is 0 Å². The van der Waals surface area contributed by atoms with E-state index in [1.807, 2.05) is 13.0 Å². The van der Waals surface area contributed by atoms with Crippen molar-refractivity contribution in [2.45, 2.75) is 13.0 Å². The highest BCUT2D eigenvalue weighted by Gasteiger charge is 2.23. The minimum Gasteiger partial charge on any atom is -0.496 e. The van der Waals surface area contributed by atoms with E-state index in [2.05, 4.69) is 10.4 Å². The van der Waals surface area contributed by atoms with Gasteiger partial charge in [-0.3, -0.25) is 5.84 Å². The zero-order valence-electron chi connectivity index (χ0n) is 11.4. The number of nitrogens with zero attached hydrogens (tertiary/aromatic N) is 1. The van der Waals surface area contributed by atoms with Gasteiger partial charge in [0.2, 0.25) is 0 Å². The molecule has 106 valence electrons. The van der Waals surface area contributed by atoms with Crippen molar-refractivity contribution in [1.82, 2.24) is 10.4 Å². The number of aromatic nitrogens is 1. The molecular weight excluding hydrogens is 259 g/mol. The highest BCUT2D eigenvalue weighted by Crippen LogP contribution is 2.33. The van der Waals surface area contributed by atoms with Crippen LogP contribution < -0.4 is 21.7 Å². The average molecular weight is 276 g/mol. The number of hydrogen-bond acceptors (Lipinski definition) is 5. The molecule has 0 aliphatic carbocycles. The van der Waals surface area contributed by atoms with Crippen molar-refractivity contribution in [2.24, 2.45) is 5.84 Å². The van der Waals surface area contributed by atoms with Crippen molar-refractivity contribution in [3.63, 3.8) is 0 Å². The number of hydrogen-bond donors (Lipinski definition) is 3. The molecule has 0 radical (unpaired) electrons. The number of nitrogens with two attached hydrogens (primary N) is 2. The monoisotopic (exact) mass is 276 g/mol. The summed E-state index contributed by atoms with van der Waals surface area (Å²) in [5.41, 5.74) is 10.3. The lowest BCUT2D eigenvalue weighted by atomic mass is 9.97. The summed E-state index contributed by atoms with van der Waals surface area (Å²) in [5.74, 6) is 5.86. The Morgan fingerprint density at radius 3 is 2.80 bits per heavy atom. The van der Waals surface area contributed by atoms with E-state index in [1.165, 1.54) is 13.2 Å². The molecule has 1 unspecified atom stereocenters. The van der Waals surface area contributed by atoms with Crippen LogP contribution in [0, 0.1) is 12.7 Å². The molecule has 0 spiro atoms. The van der Waals surface area contributed by atoms with E-state index in [0.29, 0.717) is 22.7 Å². The molecule has 0 fully saturated rings. The molecular formula is C14H17FN4O. The molecule has 1 aromatic heterocycles. The Labute approximate surface area is 116 Å². The van der Waals surface area contributed by atoms with Crippen LogP contribution in [0.25, 0.3) is 0 Å². The van der Waals surface area contributed by atoms with Crippen molar-refractivity contribution < 1.29 is 9.13 Å². The summed E-state index contributed by atoms with van der Waals surface area (Å²) >= 11 is 0. The largest absolute Gasteiger partial charge is 0.496 e. The zero-order chi connectivity index (χ0) is 14.7. The highest BCUT2D eigenvalue weighted by atomic mass is 19.1. The minimum absolute atomic E-state index is 0.295. The van der Waals surface area contributed by atoms with Gasteiger partial charge in [0.1, 0.15) is 17.4 Å². The van der Waals surface area contributed by atoms with Gasteiger partial charge in [0.25, 0.3) is 0 Å². The number of anilines is 1. The molecule has 0 saturated carbocycles. The maximum Gasteiger partial charge on any atom is 0.132 e. The van der Waals surface area contributed by atoms with E-state index in [-0.39, 0.29) is 0 Å². The Bertz CT molecular complexity index is 618. The first-order valence-electron chi connectivity index (χ1n) is 6.09. The number of benzene rings is 1. The Morgan fingerprint density at radius 2 is 2.15 bits per heavy atom. The number of aryl methyl sites for hydroxylation is 1. The number of nitrogen functional groups attached to an aromatic ring is 1. The van der Waals surface area contributed by atoms with Gasteiger partial charge in [-0.15, -0.1) is 0 Å². The van der Waals surface area contributed by atoms with Crippen LogP contribution in [0.4, 0.5) is 10.2 Å². The second kappa shape index (κ2) is 5.85. The first kappa shape index (κ1) is 14.2. The maximum atomic E-state index is 14.2. The highest BCUT2D eigenvalue weighted by molar-refractivity contribution is 5.50. The lowest BCUT2D eigenvalue weighted by Gasteiger charge is -2.21. The molecule has 5 N–H and O–H groups in total. The van der Waals surface area contributed by atoms with Crippen LogP contribution >= 0.6 is 0 Å². The van der Waals surface area contributed by atoms with Crippen molar-refractivity contribution in [3.05, 3.63) is 53.0 Å². The molecule has 0 saturated heterocycles. The van der Waals surface area contributed by atoms with Crippen LogP contribution in [0.5, 0.6) is 5.75 Å². The lowest BCUT2D eigenvalue weighted by molar-refractivity contribution is 0.397. The van der Waals surface area contributed by atoms with Crippen molar-refractivity contribution >= 4 is 5.82 Å². The number of methoxy groups -OCH3 is 1. The third kappa shape index (κ3) is 2.56. The summed E-state index contributed by atoms with van der Waals surface area (Å²) in [6.45, 7) is 1.88. The van der Waals surface area contributed by atoms with Gasteiger partial charge in [0.15, 0.2) is 0 Å². The number of halogens is 1. The maximum absolute atomic E-state index is 14.2.